The second-order valence-electron chi connectivity index (χ2n) is 3.54. The Morgan fingerprint density at radius 1 is 1.22 bits per heavy atom. The van der Waals surface area contributed by atoms with Crippen LogP contribution in [0.3, 0.4) is 0 Å². The predicted octanol–water partition coefficient (Wildman–Crippen LogP) is 1.73. The Morgan fingerprint density at radius 3 is 2.50 bits per heavy atom. The summed E-state index contributed by atoms with van der Waals surface area (Å²) in [6.07, 6.45) is 0.731. The minimum Gasteiger partial charge on any atom is -0.396 e. The summed E-state index contributed by atoms with van der Waals surface area (Å²) in [5.41, 5.74) is 0. The van der Waals surface area contributed by atoms with Crippen molar-refractivity contribution in [3.8, 4) is 0 Å². The molecule has 0 bridgehead atoms. The SMILES string of the molecule is O=S(=O)(NCCSCCCO)c1ccc(Cl)cc1. The number of aliphatic hydroxyl groups excluding tert-OH is 1. The number of benzene rings is 1. The van der Waals surface area contributed by atoms with Crippen LogP contribution in [0, 0.1) is 0 Å². The third-order valence-electron chi connectivity index (χ3n) is 2.11. The fourth-order valence-electron chi connectivity index (χ4n) is 1.21. The molecule has 0 unspecified atom stereocenters. The average molecular weight is 310 g/mol. The van der Waals surface area contributed by atoms with Crippen LogP contribution in [0.25, 0.3) is 0 Å². The number of thioether (sulfide) groups is 1. The van der Waals surface area contributed by atoms with Crippen molar-refractivity contribution in [1.82, 2.24) is 4.72 Å². The molecule has 0 aliphatic rings. The molecule has 0 aliphatic heterocycles. The number of sulfonamides is 1. The number of rotatable bonds is 8. The molecule has 2 N–H and O–H groups in total. The number of hydrogen-bond acceptors (Lipinski definition) is 4. The lowest BCUT2D eigenvalue weighted by Gasteiger charge is -2.06. The quantitative estimate of drug-likeness (QED) is 0.718. The van der Waals surface area contributed by atoms with Gasteiger partial charge in [-0.05, 0) is 36.4 Å². The van der Waals surface area contributed by atoms with Crippen molar-refractivity contribution in [1.29, 1.82) is 0 Å². The summed E-state index contributed by atoms with van der Waals surface area (Å²) in [6.45, 7) is 0.546. The number of aliphatic hydroxyl groups is 1. The molecule has 0 amide bonds. The van der Waals surface area contributed by atoms with E-state index in [-0.39, 0.29) is 11.5 Å². The van der Waals surface area contributed by atoms with Gasteiger partial charge >= 0.3 is 0 Å². The van der Waals surface area contributed by atoms with E-state index in [1.165, 1.54) is 12.1 Å². The number of nitrogens with one attached hydrogen (secondary N) is 1. The van der Waals surface area contributed by atoms with Crippen LogP contribution in [0.5, 0.6) is 0 Å². The summed E-state index contributed by atoms with van der Waals surface area (Å²) in [5.74, 6) is 1.52. The predicted molar refractivity (Wildman–Crippen MR) is 75.7 cm³/mol. The number of halogens is 1. The molecule has 0 fully saturated rings. The summed E-state index contributed by atoms with van der Waals surface area (Å²) in [4.78, 5) is 0.215. The Hall–Kier alpha value is -0.270. The van der Waals surface area contributed by atoms with Crippen molar-refractivity contribution in [3.63, 3.8) is 0 Å². The molecule has 0 spiro atoms. The Kier molecular flexibility index (Phi) is 7.03. The summed E-state index contributed by atoms with van der Waals surface area (Å²) in [7, 11) is -3.44. The topological polar surface area (TPSA) is 66.4 Å². The summed E-state index contributed by atoms with van der Waals surface area (Å²) in [6, 6.07) is 6.05. The van der Waals surface area contributed by atoms with Gasteiger partial charge in [0.05, 0.1) is 4.90 Å². The molecule has 102 valence electrons. The third-order valence-corrected chi connectivity index (χ3v) is 4.91. The zero-order chi connectivity index (χ0) is 13.4. The van der Waals surface area contributed by atoms with Crippen molar-refractivity contribution in [2.24, 2.45) is 0 Å². The normalized spacial score (nSPS) is 11.7. The molecule has 1 aromatic rings. The average Bonchev–Trinajstić information content (AvgIpc) is 2.34. The van der Waals surface area contributed by atoms with Gasteiger partial charge in [0.15, 0.2) is 0 Å². The van der Waals surface area contributed by atoms with Gasteiger partial charge in [0.25, 0.3) is 0 Å². The molecule has 0 radical (unpaired) electrons. The van der Waals surface area contributed by atoms with Gasteiger partial charge in [-0.1, -0.05) is 11.6 Å². The minimum atomic E-state index is -3.44. The van der Waals surface area contributed by atoms with Gasteiger partial charge in [-0.2, -0.15) is 11.8 Å². The second kappa shape index (κ2) is 8.01. The fraction of sp³-hybridized carbons (Fsp3) is 0.455. The van der Waals surface area contributed by atoms with E-state index in [1.54, 1.807) is 23.9 Å². The minimum absolute atomic E-state index is 0.170. The molecule has 4 nitrogen and oxygen atoms in total. The van der Waals surface area contributed by atoms with Crippen LogP contribution in [0.4, 0.5) is 0 Å². The van der Waals surface area contributed by atoms with Crippen LogP contribution >= 0.6 is 23.4 Å². The van der Waals surface area contributed by atoms with E-state index in [4.69, 9.17) is 16.7 Å². The van der Waals surface area contributed by atoms with Gasteiger partial charge in [-0.25, -0.2) is 13.1 Å². The summed E-state index contributed by atoms with van der Waals surface area (Å²) >= 11 is 7.31. The lowest BCUT2D eigenvalue weighted by molar-refractivity contribution is 0.296. The first kappa shape index (κ1) is 15.8. The van der Waals surface area contributed by atoms with Gasteiger partial charge in [-0.15, -0.1) is 0 Å². The van der Waals surface area contributed by atoms with Gasteiger partial charge in [-0.3, -0.25) is 0 Å². The highest BCUT2D eigenvalue weighted by Gasteiger charge is 2.12. The van der Waals surface area contributed by atoms with Gasteiger partial charge < -0.3 is 5.11 Å². The molecular formula is C11H16ClNO3S2. The molecule has 1 rings (SSSR count). The maximum Gasteiger partial charge on any atom is 0.240 e. The van der Waals surface area contributed by atoms with E-state index < -0.39 is 10.0 Å². The smallest absolute Gasteiger partial charge is 0.240 e. The van der Waals surface area contributed by atoms with Crippen molar-refractivity contribution >= 4 is 33.4 Å². The van der Waals surface area contributed by atoms with Crippen LogP contribution in [-0.4, -0.2) is 38.2 Å². The number of hydrogen-bond donors (Lipinski definition) is 2. The molecule has 0 saturated carbocycles. The largest absolute Gasteiger partial charge is 0.396 e. The fourth-order valence-corrected chi connectivity index (χ4v) is 3.28. The molecule has 7 heteroatoms. The Balaban J connectivity index is 2.38. The van der Waals surface area contributed by atoms with Crippen molar-refractivity contribution in [2.45, 2.75) is 11.3 Å². The van der Waals surface area contributed by atoms with E-state index in [0.717, 1.165) is 12.2 Å². The molecule has 0 saturated heterocycles. The van der Waals surface area contributed by atoms with Gasteiger partial charge in [0.1, 0.15) is 0 Å². The van der Waals surface area contributed by atoms with E-state index in [0.29, 0.717) is 17.3 Å². The monoisotopic (exact) mass is 309 g/mol. The Morgan fingerprint density at radius 2 is 1.89 bits per heavy atom. The first-order chi connectivity index (χ1) is 8.56. The van der Waals surface area contributed by atoms with E-state index in [2.05, 4.69) is 4.72 Å². The Bertz CT molecular complexity index is 448. The zero-order valence-electron chi connectivity index (χ0n) is 9.80. The van der Waals surface area contributed by atoms with Gasteiger partial charge in [0, 0.05) is 23.9 Å². The van der Waals surface area contributed by atoms with Crippen LogP contribution in [0.2, 0.25) is 5.02 Å². The second-order valence-corrected chi connectivity index (χ2v) is 6.97. The van der Waals surface area contributed by atoms with Crippen molar-refractivity contribution in [2.75, 3.05) is 24.7 Å². The first-order valence-corrected chi connectivity index (χ1v) is 8.51. The zero-order valence-corrected chi connectivity index (χ0v) is 12.2. The first-order valence-electron chi connectivity index (χ1n) is 5.50. The van der Waals surface area contributed by atoms with E-state index in [1.807, 2.05) is 0 Å². The molecule has 0 aromatic heterocycles. The third kappa shape index (κ3) is 5.58. The molecule has 0 heterocycles. The maximum atomic E-state index is 11.8. The highest BCUT2D eigenvalue weighted by Crippen LogP contribution is 2.13. The molecule has 1 aromatic carbocycles. The lowest BCUT2D eigenvalue weighted by Crippen LogP contribution is -2.26. The Labute approximate surface area is 117 Å². The van der Waals surface area contributed by atoms with Crippen LogP contribution in [-0.2, 0) is 10.0 Å². The molecule has 0 atom stereocenters. The molecule has 0 aliphatic carbocycles. The maximum absolute atomic E-state index is 11.8. The lowest BCUT2D eigenvalue weighted by atomic mass is 10.4. The molecule has 18 heavy (non-hydrogen) atoms. The standard InChI is InChI=1S/C11H16ClNO3S2/c12-10-2-4-11(5-3-10)18(15,16)13-6-9-17-8-1-7-14/h2-5,13-14H,1,6-9H2. The van der Waals surface area contributed by atoms with Crippen LogP contribution in [0.15, 0.2) is 29.2 Å². The van der Waals surface area contributed by atoms with Crippen molar-refractivity contribution < 1.29 is 13.5 Å². The highest BCUT2D eigenvalue weighted by atomic mass is 35.5. The van der Waals surface area contributed by atoms with Crippen molar-refractivity contribution in [3.05, 3.63) is 29.3 Å². The van der Waals surface area contributed by atoms with E-state index >= 15 is 0 Å². The van der Waals surface area contributed by atoms with Gasteiger partial charge in [0.2, 0.25) is 10.0 Å². The summed E-state index contributed by atoms with van der Waals surface area (Å²) in [5, 5.41) is 9.10. The highest BCUT2D eigenvalue weighted by molar-refractivity contribution is 7.99. The van der Waals surface area contributed by atoms with Crippen LogP contribution in [0.1, 0.15) is 6.42 Å². The molecular weight excluding hydrogens is 294 g/mol. The van der Waals surface area contributed by atoms with Crippen LogP contribution < -0.4 is 4.72 Å². The van der Waals surface area contributed by atoms with E-state index in [9.17, 15) is 8.42 Å². The summed E-state index contributed by atoms with van der Waals surface area (Å²) < 4.78 is 26.2.